The summed E-state index contributed by atoms with van der Waals surface area (Å²) < 4.78 is 23.1. The van der Waals surface area contributed by atoms with Gasteiger partial charge in [0.25, 0.3) is 5.91 Å². The van der Waals surface area contributed by atoms with Gasteiger partial charge in [-0.2, -0.15) is 0 Å². The Balaban J connectivity index is 1.91. The molecule has 0 saturated carbocycles. The fourth-order valence-corrected chi connectivity index (χ4v) is 1.96. The first-order valence-corrected chi connectivity index (χ1v) is 6.93. The third-order valence-electron chi connectivity index (χ3n) is 2.83. The van der Waals surface area contributed by atoms with Gasteiger partial charge in [0.15, 0.2) is 18.2 Å². The molecule has 7 heteroatoms. The summed E-state index contributed by atoms with van der Waals surface area (Å²) in [4.78, 5) is 23.5. The van der Waals surface area contributed by atoms with Gasteiger partial charge in [-0.3, -0.25) is 4.79 Å². The number of anilines is 1. The topological polar surface area (TPSA) is 64.6 Å². The molecule has 5 nitrogen and oxygen atoms in total. The van der Waals surface area contributed by atoms with Crippen LogP contribution in [0.3, 0.4) is 0 Å². The van der Waals surface area contributed by atoms with Gasteiger partial charge in [0.2, 0.25) is 0 Å². The monoisotopic (exact) mass is 337 g/mol. The number of rotatable bonds is 5. The normalized spacial score (nSPS) is 10.0. The highest BCUT2D eigenvalue weighted by Crippen LogP contribution is 2.18. The van der Waals surface area contributed by atoms with Gasteiger partial charge in [-0.05, 0) is 36.4 Å². The summed E-state index contributed by atoms with van der Waals surface area (Å²) in [5.74, 6) is -2.02. The number of halogens is 2. The lowest BCUT2D eigenvalue weighted by Crippen LogP contribution is -2.21. The molecule has 2 aromatic rings. The van der Waals surface area contributed by atoms with Crippen LogP contribution in [-0.2, 0) is 9.53 Å². The predicted molar refractivity (Wildman–Crippen MR) is 83.3 cm³/mol. The molecular formula is C16H13ClFNO4. The second-order valence-corrected chi connectivity index (χ2v) is 4.92. The number of carbonyl (C=O) groups excluding carboxylic acids is 2. The molecule has 1 N–H and O–H groups in total. The Morgan fingerprint density at radius 3 is 2.65 bits per heavy atom. The Morgan fingerprint density at radius 2 is 2.00 bits per heavy atom. The molecule has 1 amide bonds. The highest BCUT2D eigenvalue weighted by atomic mass is 35.5. The van der Waals surface area contributed by atoms with E-state index in [4.69, 9.17) is 21.1 Å². The quantitative estimate of drug-likeness (QED) is 0.850. The van der Waals surface area contributed by atoms with Gasteiger partial charge in [0.1, 0.15) is 0 Å². The summed E-state index contributed by atoms with van der Waals surface area (Å²) in [7, 11) is 1.32. The molecule has 0 atom stereocenters. The van der Waals surface area contributed by atoms with Gasteiger partial charge in [-0.25, -0.2) is 9.18 Å². The number of benzene rings is 2. The van der Waals surface area contributed by atoms with E-state index in [1.807, 2.05) is 0 Å². The smallest absolute Gasteiger partial charge is 0.338 e. The van der Waals surface area contributed by atoms with Crippen LogP contribution in [0.4, 0.5) is 10.1 Å². The zero-order chi connectivity index (χ0) is 16.8. The second-order valence-electron chi connectivity index (χ2n) is 4.48. The van der Waals surface area contributed by atoms with Crippen LogP contribution in [-0.4, -0.2) is 25.6 Å². The molecular weight excluding hydrogens is 325 g/mol. The Morgan fingerprint density at radius 1 is 1.22 bits per heavy atom. The molecule has 0 bridgehead atoms. The van der Waals surface area contributed by atoms with Crippen LogP contribution in [0, 0.1) is 5.82 Å². The highest BCUT2D eigenvalue weighted by molar-refractivity contribution is 6.30. The van der Waals surface area contributed by atoms with Gasteiger partial charge < -0.3 is 14.8 Å². The highest BCUT2D eigenvalue weighted by Gasteiger charge is 2.13. The lowest BCUT2D eigenvalue weighted by Gasteiger charge is -2.08. The summed E-state index contributed by atoms with van der Waals surface area (Å²) >= 11 is 5.79. The molecule has 0 aliphatic rings. The molecule has 0 heterocycles. The summed E-state index contributed by atoms with van der Waals surface area (Å²) in [6.45, 7) is -0.501. The van der Waals surface area contributed by atoms with Crippen molar-refractivity contribution in [2.24, 2.45) is 0 Å². The predicted octanol–water partition coefficient (Wildman–Crippen LogP) is 3.28. The number of esters is 1. The standard InChI is InChI=1S/C16H13ClFNO4/c1-22-14-6-5-10(7-13(14)18)16(21)23-9-15(20)19-12-4-2-3-11(17)8-12/h2-8H,9H2,1H3,(H,19,20). The number of amides is 1. The molecule has 0 aromatic heterocycles. The van der Waals surface area contributed by atoms with E-state index in [0.717, 1.165) is 6.07 Å². The van der Waals surface area contributed by atoms with E-state index in [1.54, 1.807) is 24.3 Å². The minimum atomic E-state index is -0.812. The number of carbonyl (C=O) groups is 2. The summed E-state index contributed by atoms with van der Waals surface area (Å²) in [5, 5.41) is 2.99. The van der Waals surface area contributed by atoms with Crippen molar-refractivity contribution in [1.29, 1.82) is 0 Å². The van der Waals surface area contributed by atoms with E-state index in [1.165, 1.54) is 19.2 Å². The number of ether oxygens (including phenoxy) is 2. The number of hydrogen-bond donors (Lipinski definition) is 1. The first-order chi connectivity index (χ1) is 11.0. The van der Waals surface area contributed by atoms with Gasteiger partial charge in [-0.1, -0.05) is 17.7 Å². The molecule has 23 heavy (non-hydrogen) atoms. The van der Waals surface area contributed by atoms with Crippen molar-refractivity contribution >= 4 is 29.2 Å². The maximum atomic E-state index is 13.5. The average molecular weight is 338 g/mol. The summed E-state index contributed by atoms with van der Waals surface area (Å²) in [6.07, 6.45) is 0. The summed E-state index contributed by atoms with van der Waals surface area (Å²) in [6, 6.07) is 10.2. The molecule has 0 aliphatic carbocycles. The number of methoxy groups -OCH3 is 1. The van der Waals surface area contributed by atoms with Gasteiger partial charge in [0, 0.05) is 10.7 Å². The van der Waals surface area contributed by atoms with Crippen LogP contribution >= 0.6 is 11.6 Å². The maximum absolute atomic E-state index is 13.5. The van der Waals surface area contributed by atoms with Crippen molar-refractivity contribution in [2.45, 2.75) is 0 Å². The van der Waals surface area contributed by atoms with Crippen molar-refractivity contribution in [1.82, 2.24) is 0 Å². The van der Waals surface area contributed by atoms with E-state index < -0.39 is 24.3 Å². The van der Waals surface area contributed by atoms with Crippen LogP contribution in [0.5, 0.6) is 5.75 Å². The second kappa shape index (κ2) is 7.60. The molecule has 120 valence electrons. The van der Waals surface area contributed by atoms with Crippen molar-refractivity contribution in [3.8, 4) is 5.75 Å². The van der Waals surface area contributed by atoms with Crippen LogP contribution in [0.25, 0.3) is 0 Å². The minimum Gasteiger partial charge on any atom is -0.494 e. The number of nitrogens with one attached hydrogen (secondary N) is 1. The van der Waals surface area contributed by atoms with E-state index >= 15 is 0 Å². The summed E-state index contributed by atoms with van der Waals surface area (Å²) in [5.41, 5.74) is 0.466. The molecule has 0 radical (unpaired) electrons. The maximum Gasteiger partial charge on any atom is 0.338 e. The van der Waals surface area contributed by atoms with Gasteiger partial charge >= 0.3 is 5.97 Å². The first-order valence-electron chi connectivity index (χ1n) is 6.55. The largest absolute Gasteiger partial charge is 0.494 e. The average Bonchev–Trinajstić information content (AvgIpc) is 2.52. The zero-order valence-electron chi connectivity index (χ0n) is 12.1. The van der Waals surface area contributed by atoms with Crippen molar-refractivity contribution in [3.63, 3.8) is 0 Å². The third-order valence-corrected chi connectivity index (χ3v) is 3.07. The molecule has 0 aliphatic heterocycles. The van der Waals surface area contributed by atoms with Crippen molar-refractivity contribution in [2.75, 3.05) is 19.0 Å². The van der Waals surface area contributed by atoms with Crippen LogP contribution in [0.15, 0.2) is 42.5 Å². The fraction of sp³-hybridized carbons (Fsp3) is 0.125. The number of hydrogen-bond acceptors (Lipinski definition) is 4. The molecule has 2 rings (SSSR count). The van der Waals surface area contributed by atoms with E-state index in [2.05, 4.69) is 5.32 Å². The third kappa shape index (κ3) is 4.69. The lowest BCUT2D eigenvalue weighted by molar-refractivity contribution is -0.119. The van der Waals surface area contributed by atoms with Gasteiger partial charge in [0.05, 0.1) is 12.7 Å². The van der Waals surface area contributed by atoms with Crippen molar-refractivity contribution in [3.05, 3.63) is 58.9 Å². The molecule has 0 spiro atoms. The first kappa shape index (κ1) is 16.8. The lowest BCUT2D eigenvalue weighted by atomic mass is 10.2. The van der Waals surface area contributed by atoms with E-state index in [0.29, 0.717) is 10.7 Å². The Kier molecular flexibility index (Phi) is 5.54. The van der Waals surface area contributed by atoms with Crippen LogP contribution < -0.4 is 10.1 Å². The molecule has 0 fully saturated rings. The van der Waals surface area contributed by atoms with Crippen LogP contribution in [0.1, 0.15) is 10.4 Å². The zero-order valence-corrected chi connectivity index (χ0v) is 12.9. The Hall–Kier alpha value is -2.60. The molecule has 0 saturated heterocycles. The van der Waals surface area contributed by atoms with E-state index in [-0.39, 0.29) is 11.3 Å². The van der Waals surface area contributed by atoms with E-state index in [9.17, 15) is 14.0 Å². The Bertz CT molecular complexity index is 736. The SMILES string of the molecule is COc1ccc(C(=O)OCC(=O)Nc2cccc(Cl)c2)cc1F. The molecule has 0 unspecified atom stereocenters. The fourth-order valence-electron chi connectivity index (χ4n) is 1.77. The Labute approximate surface area is 137 Å². The minimum absolute atomic E-state index is 0.0141. The van der Waals surface area contributed by atoms with Crippen LogP contribution in [0.2, 0.25) is 5.02 Å². The van der Waals surface area contributed by atoms with Crippen molar-refractivity contribution < 1.29 is 23.5 Å². The van der Waals surface area contributed by atoms with Gasteiger partial charge in [-0.15, -0.1) is 0 Å². The molecule has 2 aromatic carbocycles.